The van der Waals surface area contributed by atoms with Crippen LogP contribution in [0.15, 0.2) is 47.4 Å². The number of hydrogen-bond donors (Lipinski definition) is 1. The highest BCUT2D eigenvalue weighted by molar-refractivity contribution is 7.91. The molecule has 2 aromatic carbocycles. The Morgan fingerprint density at radius 3 is 2.43 bits per heavy atom. The Labute approximate surface area is 139 Å². The van der Waals surface area contributed by atoms with Crippen molar-refractivity contribution in [3.63, 3.8) is 0 Å². The van der Waals surface area contributed by atoms with Gasteiger partial charge in [-0.3, -0.25) is 4.79 Å². The molecule has 0 aliphatic carbocycles. The molecule has 0 fully saturated rings. The van der Waals surface area contributed by atoms with Crippen molar-refractivity contribution in [3.05, 3.63) is 58.9 Å². The van der Waals surface area contributed by atoms with E-state index in [0.717, 1.165) is 11.6 Å². The van der Waals surface area contributed by atoms with Crippen molar-refractivity contribution in [2.24, 2.45) is 0 Å². The smallest absolute Gasteiger partial charge is 0.225 e. The van der Waals surface area contributed by atoms with Crippen molar-refractivity contribution in [1.82, 2.24) is 0 Å². The van der Waals surface area contributed by atoms with Gasteiger partial charge in [0.2, 0.25) is 5.91 Å². The molecule has 0 aromatic heterocycles. The van der Waals surface area contributed by atoms with Crippen LogP contribution in [0.25, 0.3) is 0 Å². The van der Waals surface area contributed by atoms with Crippen LogP contribution in [0.3, 0.4) is 0 Å². The molecule has 0 aliphatic heterocycles. The van der Waals surface area contributed by atoms with Crippen LogP contribution in [0.1, 0.15) is 12.0 Å². The van der Waals surface area contributed by atoms with Crippen molar-refractivity contribution in [2.75, 3.05) is 11.1 Å². The Bertz CT molecular complexity index is 820. The van der Waals surface area contributed by atoms with Crippen LogP contribution in [0.5, 0.6) is 0 Å². The van der Waals surface area contributed by atoms with Crippen LogP contribution in [0.4, 0.5) is 10.1 Å². The predicted molar refractivity (Wildman–Crippen MR) is 87.9 cm³/mol. The number of benzene rings is 2. The average molecular weight is 356 g/mol. The minimum absolute atomic E-state index is 0.0351. The summed E-state index contributed by atoms with van der Waals surface area (Å²) in [6.45, 7) is 1.85. The molecule has 1 amide bonds. The molecule has 1 N–H and O–H groups in total. The fourth-order valence-electron chi connectivity index (χ4n) is 1.89. The zero-order chi connectivity index (χ0) is 17.0. The van der Waals surface area contributed by atoms with Gasteiger partial charge in [-0.2, -0.15) is 0 Å². The molecule has 0 bridgehead atoms. The number of hydrogen-bond acceptors (Lipinski definition) is 3. The van der Waals surface area contributed by atoms with E-state index in [9.17, 15) is 17.6 Å². The standard InChI is InChI=1S/C16H15ClFNO3S/c1-11-2-5-13(6-3-11)23(21,22)9-8-16(20)19-15-7-4-12(17)10-14(15)18/h2-7,10H,8-9H2,1H3,(H,19,20). The van der Waals surface area contributed by atoms with Gasteiger partial charge in [0.1, 0.15) is 5.82 Å². The SMILES string of the molecule is Cc1ccc(S(=O)(=O)CCC(=O)Nc2ccc(Cl)cc2F)cc1. The summed E-state index contributed by atoms with van der Waals surface area (Å²) in [6, 6.07) is 10.2. The van der Waals surface area contributed by atoms with Crippen LogP contribution in [-0.2, 0) is 14.6 Å². The molecule has 23 heavy (non-hydrogen) atoms. The van der Waals surface area contributed by atoms with Gasteiger partial charge in [0, 0.05) is 11.4 Å². The van der Waals surface area contributed by atoms with Crippen molar-refractivity contribution in [1.29, 1.82) is 0 Å². The van der Waals surface area contributed by atoms with Gasteiger partial charge >= 0.3 is 0 Å². The van der Waals surface area contributed by atoms with E-state index >= 15 is 0 Å². The van der Waals surface area contributed by atoms with Gasteiger partial charge in [-0.05, 0) is 37.3 Å². The van der Waals surface area contributed by atoms with E-state index in [-0.39, 0.29) is 27.8 Å². The number of aryl methyl sites for hydroxylation is 1. The lowest BCUT2D eigenvalue weighted by atomic mass is 10.2. The maximum Gasteiger partial charge on any atom is 0.225 e. The van der Waals surface area contributed by atoms with E-state index in [0.29, 0.717) is 0 Å². The number of carbonyl (C=O) groups is 1. The summed E-state index contributed by atoms with van der Waals surface area (Å²) in [7, 11) is -3.56. The normalized spacial score (nSPS) is 11.3. The molecule has 0 radical (unpaired) electrons. The fraction of sp³-hybridized carbons (Fsp3) is 0.188. The number of rotatable bonds is 5. The summed E-state index contributed by atoms with van der Waals surface area (Å²) in [4.78, 5) is 12.0. The van der Waals surface area contributed by atoms with Crippen molar-refractivity contribution in [3.8, 4) is 0 Å². The maximum absolute atomic E-state index is 13.6. The minimum atomic E-state index is -3.56. The number of nitrogens with one attached hydrogen (secondary N) is 1. The van der Waals surface area contributed by atoms with Crippen molar-refractivity contribution < 1.29 is 17.6 Å². The van der Waals surface area contributed by atoms with Gasteiger partial charge in [-0.1, -0.05) is 29.3 Å². The molecule has 122 valence electrons. The van der Waals surface area contributed by atoms with Crippen LogP contribution >= 0.6 is 11.6 Å². The molecule has 2 rings (SSSR count). The first kappa shape index (κ1) is 17.4. The number of sulfone groups is 1. The quantitative estimate of drug-likeness (QED) is 0.891. The summed E-state index contributed by atoms with van der Waals surface area (Å²) >= 11 is 5.62. The molecular weight excluding hydrogens is 341 g/mol. The van der Waals surface area contributed by atoms with Gasteiger partial charge in [-0.15, -0.1) is 0 Å². The third-order valence-corrected chi connectivity index (χ3v) is 5.15. The van der Waals surface area contributed by atoms with Gasteiger partial charge in [0.05, 0.1) is 16.3 Å². The highest BCUT2D eigenvalue weighted by Gasteiger charge is 2.17. The second kappa shape index (κ2) is 7.10. The molecular formula is C16H15ClFNO3S. The van der Waals surface area contributed by atoms with Crippen LogP contribution in [0.2, 0.25) is 5.02 Å². The number of amides is 1. The summed E-state index contributed by atoms with van der Waals surface area (Å²) in [5.74, 6) is -1.61. The number of carbonyl (C=O) groups excluding carboxylic acids is 1. The summed E-state index contributed by atoms with van der Waals surface area (Å²) in [5.41, 5.74) is 0.909. The Kier molecular flexibility index (Phi) is 5.38. The monoisotopic (exact) mass is 355 g/mol. The Morgan fingerprint density at radius 2 is 1.83 bits per heavy atom. The maximum atomic E-state index is 13.6. The molecule has 7 heteroatoms. The molecule has 0 atom stereocenters. The summed E-state index contributed by atoms with van der Waals surface area (Å²) in [5, 5.41) is 2.54. The Hall–Kier alpha value is -1.92. The van der Waals surface area contributed by atoms with E-state index in [4.69, 9.17) is 11.6 Å². The molecule has 0 aliphatic rings. The molecule has 0 saturated carbocycles. The highest BCUT2D eigenvalue weighted by atomic mass is 35.5. The second-order valence-electron chi connectivity index (χ2n) is 5.05. The molecule has 2 aromatic rings. The Balaban J connectivity index is 1.99. The number of anilines is 1. The van der Waals surface area contributed by atoms with Crippen LogP contribution < -0.4 is 5.32 Å². The van der Waals surface area contributed by atoms with Crippen LogP contribution in [-0.4, -0.2) is 20.1 Å². The van der Waals surface area contributed by atoms with Gasteiger partial charge in [-0.25, -0.2) is 12.8 Å². The Morgan fingerprint density at radius 1 is 1.17 bits per heavy atom. The van der Waals surface area contributed by atoms with E-state index in [1.807, 2.05) is 6.92 Å². The predicted octanol–water partition coefficient (Wildman–Crippen LogP) is 3.59. The van der Waals surface area contributed by atoms with Gasteiger partial charge < -0.3 is 5.32 Å². The lowest BCUT2D eigenvalue weighted by molar-refractivity contribution is -0.115. The van der Waals surface area contributed by atoms with Crippen molar-refractivity contribution >= 4 is 33.0 Å². The van der Waals surface area contributed by atoms with E-state index in [2.05, 4.69) is 5.32 Å². The molecule has 0 spiro atoms. The van der Waals surface area contributed by atoms with Crippen molar-refractivity contribution in [2.45, 2.75) is 18.2 Å². The summed E-state index contributed by atoms with van der Waals surface area (Å²) < 4.78 is 37.9. The lowest BCUT2D eigenvalue weighted by Gasteiger charge is -2.08. The lowest BCUT2D eigenvalue weighted by Crippen LogP contribution is -2.18. The highest BCUT2D eigenvalue weighted by Crippen LogP contribution is 2.19. The molecule has 0 heterocycles. The molecule has 0 saturated heterocycles. The average Bonchev–Trinajstić information content (AvgIpc) is 2.49. The van der Waals surface area contributed by atoms with E-state index in [1.165, 1.54) is 24.3 Å². The van der Waals surface area contributed by atoms with E-state index in [1.54, 1.807) is 12.1 Å². The second-order valence-corrected chi connectivity index (χ2v) is 7.60. The first-order valence-corrected chi connectivity index (χ1v) is 8.85. The van der Waals surface area contributed by atoms with Crippen LogP contribution in [0, 0.1) is 12.7 Å². The zero-order valence-electron chi connectivity index (χ0n) is 12.3. The van der Waals surface area contributed by atoms with Gasteiger partial charge in [0.25, 0.3) is 0 Å². The third kappa shape index (κ3) is 4.77. The fourth-order valence-corrected chi connectivity index (χ4v) is 3.29. The van der Waals surface area contributed by atoms with E-state index < -0.39 is 21.6 Å². The zero-order valence-corrected chi connectivity index (χ0v) is 13.9. The molecule has 0 unspecified atom stereocenters. The van der Waals surface area contributed by atoms with Gasteiger partial charge in [0.15, 0.2) is 9.84 Å². The largest absolute Gasteiger partial charge is 0.324 e. The third-order valence-electron chi connectivity index (χ3n) is 3.18. The summed E-state index contributed by atoms with van der Waals surface area (Å²) in [6.07, 6.45) is -0.266. The first-order valence-electron chi connectivity index (χ1n) is 6.82. The first-order chi connectivity index (χ1) is 10.8. The topological polar surface area (TPSA) is 63.2 Å². The number of halogens is 2. The molecule has 4 nitrogen and oxygen atoms in total. The minimum Gasteiger partial charge on any atom is -0.324 e.